The Morgan fingerprint density at radius 3 is 2.76 bits per heavy atom. The molecule has 0 aromatic heterocycles. The summed E-state index contributed by atoms with van der Waals surface area (Å²) in [4.78, 5) is 2.70. The number of nitrogens with one attached hydrogen (secondary N) is 1. The highest BCUT2D eigenvalue weighted by atomic mass is 15.2. The number of hydrogen-bond donors (Lipinski definition) is 1. The Labute approximate surface area is 129 Å². The summed E-state index contributed by atoms with van der Waals surface area (Å²) in [5, 5.41) is 3.51. The third kappa shape index (κ3) is 3.60. The van der Waals surface area contributed by atoms with Gasteiger partial charge in [0.05, 0.1) is 0 Å². The molecule has 3 unspecified atom stereocenters. The van der Waals surface area contributed by atoms with Crippen LogP contribution < -0.4 is 5.32 Å². The molecule has 2 nitrogen and oxygen atoms in total. The summed E-state index contributed by atoms with van der Waals surface area (Å²) in [7, 11) is 0. The van der Waals surface area contributed by atoms with Crippen molar-refractivity contribution < 1.29 is 0 Å². The normalized spacial score (nSPS) is 27.8. The molecule has 1 saturated heterocycles. The number of rotatable bonds is 3. The topological polar surface area (TPSA) is 15.3 Å². The van der Waals surface area contributed by atoms with Gasteiger partial charge in [-0.05, 0) is 61.6 Å². The SMILES string of the molecule is CC1CC(C)CN(C(C)Cc2ccc3c(c2)CCCN3)C1. The first-order chi connectivity index (χ1) is 10.1. The molecule has 0 bridgehead atoms. The average molecular weight is 286 g/mol. The van der Waals surface area contributed by atoms with Crippen molar-refractivity contribution >= 4 is 5.69 Å². The third-order valence-electron chi connectivity index (χ3n) is 5.16. The van der Waals surface area contributed by atoms with Crippen LogP contribution in [-0.2, 0) is 12.8 Å². The number of piperidine rings is 1. The number of benzene rings is 1. The van der Waals surface area contributed by atoms with Gasteiger partial charge in [-0.1, -0.05) is 26.0 Å². The van der Waals surface area contributed by atoms with Crippen LogP contribution in [0.1, 0.15) is 44.7 Å². The van der Waals surface area contributed by atoms with Gasteiger partial charge in [0.15, 0.2) is 0 Å². The summed E-state index contributed by atoms with van der Waals surface area (Å²) >= 11 is 0. The van der Waals surface area contributed by atoms with Gasteiger partial charge in [0.1, 0.15) is 0 Å². The molecule has 1 aromatic rings. The molecule has 21 heavy (non-hydrogen) atoms. The Bertz CT molecular complexity index is 472. The minimum Gasteiger partial charge on any atom is -0.385 e. The summed E-state index contributed by atoms with van der Waals surface area (Å²) in [6.45, 7) is 10.9. The second-order valence-electron chi connectivity index (χ2n) is 7.47. The Morgan fingerprint density at radius 2 is 2.00 bits per heavy atom. The summed E-state index contributed by atoms with van der Waals surface area (Å²) < 4.78 is 0. The van der Waals surface area contributed by atoms with Crippen LogP contribution in [0.5, 0.6) is 0 Å². The van der Waals surface area contributed by atoms with Gasteiger partial charge in [-0.25, -0.2) is 0 Å². The molecule has 0 radical (unpaired) electrons. The second kappa shape index (κ2) is 6.39. The maximum atomic E-state index is 3.51. The van der Waals surface area contributed by atoms with Gasteiger partial charge in [-0.2, -0.15) is 0 Å². The highest BCUT2D eigenvalue weighted by molar-refractivity contribution is 5.54. The number of hydrogen-bond acceptors (Lipinski definition) is 2. The summed E-state index contributed by atoms with van der Waals surface area (Å²) in [6, 6.07) is 7.71. The van der Waals surface area contributed by atoms with Crippen molar-refractivity contribution in [3.63, 3.8) is 0 Å². The lowest BCUT2D eigenvalue weighted by atomic mass is 9.90. The Kier molecular flexibility index (Phi) is 4.54. The molecule has 1 aromatic carbocycles. The van der Waals surface area contributed by atoms with E-state index in [0.717, 1.165) is 18.4 Å². The fourth-order valence-electron chi connectivity index (χ4n) is 4.20. The van der Waals surface area contributed by atoms with Crippen LogP contribution in [0.2, 0.25) is 0 Å². The molecule has 2 heteroatoms. The molecular formula is C19H30N2. The maximum absolute atomic E-state index is 3.51. The molecule has 0 spiro atoms. The lowest BCUT2D eigenvalue weighted by Crippen LogP contribution is -2.44. The van der Waals surface area contributed by atoms with Gasteiger partial charge in [0.25, 0.3) is 0 Å². The van der Waals surface area contributed by atoms with Crippen molar-refractivity contribution in [2.24, 2.45) is 11.8 Å². The molecule has 2 aliphatic rings. The molecule has 3 atom stereocenters. The van der Waals surface area contributed by atoms with E-state index in [2.05, 4.69) is 49.2 Å². The fourth-order valence-corrected chi connectivity index (χ4v) is 4.20. The van der Waals surface area contributed by atoms with Gasteiger partial charge in [0, 0.05) is 31.4 Å². The number of likely N-dealkylation sites (tertiary alicyclic amines) is 1. The van der Waals surface area contributed by atoms with Crippen LogP contribution >= 0.6 is 0 Å². The van der Waals surface area contributed by atoms with Crippen molar-refractivity contribution in [3.05, 3.63) is 29.3 Å². The molecule has 0 aliphatic carbocycles. The highest BCUT2D eigenvalue weighted by Gasteiger charge is 2.25. The van der Waals surface area contributed by atoms with Crippen molar-refractivity contribution in [1.82, 2.24) is 4.90 Å². The Balaban J connectivity index is 1.65. The Morgan fingerprint density at radius 1 is 1.24 bits per heavy atom. The number of aryl methyl sites for hydroxylation is 1. The van der Waals surface area contributed by atoms with E-state index in [1.807, 2.05) is 0 Å². The molecule has 0 amide bonds. The van der Waals surface area contributed by atoms with Gasteiger partial charge >= 0.3 is 0 Å². The average Bonchev–Trinajstić information content (AvgIpc) is 2.46. The van der Waals surface area contributed by atoms with Crippen LogP contribution in [0.25, 0.3) is 0 Å². The zero-order valence-corrected chi connectivity index (χ0v) is 13.9. The van der Waals surface area contributed by atoms with Crippen LogP contribution in [0.3, 0.4) is 0 Å². The second-order valence-corrected chi connectivity index (χ2v) is 7.47. The van der Waals surface area contributed by atoms with Gasteiger partial charge in [-0.3, -0.25) is 4.90 Å². The first-order valence-corrected chi connectivity index (χ1v) is 8.71. The number of anilines is 1. The van der Waals surface area contributed by atoms with Crippen LogP contribution in [0, 0.1) is 11.8 Å². The smallest absolute Gasteiger partial charge is 0.0372 e. The zero-order valence-electron chi connectivity index (χ0n) is 13.9. The van der Waals surface area contributed by atoms with E-state index < -0.39 is 0 Å². The van der Waals surface area contributed by atoms with Crippen molar-refractivity contribution in [2.45, 2.75) is 52.5 Å². The van der Waals surface area contributed by atoms with E-state index in [1.54, 1.807) is 0 Å². The van der Waals surface area contributed by atoms with E-state index in [1.165, 1.54) is 55.6 Å². The van der Waals surface area contributed by atoms with Crippen molar-refractivity contribution in [2.75, 3.05) is 25.0 Å². The van der Waals surface area contributed by atoms with Crippen molar-refractivity contribution in [3.8, 4) is 0 Å². The number of fused-ring (bicyclic) bond motifs is 1. The van der Waals surface area contributed by atoms with Gasteiger partial charge in [0.2, 0.25) is 0 Å². The predicted octanol–water partition coefficient (Wildman–Crippen LogP) is 3.95. The minimum atomic E-state index is 0.657. The molecule has 1 N–H and O–H groups in total. The zero-order chi connectivity index (χ0) is 14.8. The first kappa shape index (κ1) is 14.9. The molecule has 2 heterocycles. The maximum Gasteiger partial charge on any atom is 0.0372 e. The number of nitrogens with zero attached hydrogens (tertiary/aromatic N) is 1. The largest absolute Gasteiger partial charge is 0.385 e. The Hall–Kier alpha value is -1.02. The fraction of sp³-hybridized carbons (Fsp3) is 0.684. The van der Waals surface area contributed by atoms with Crippen LogP contribution in [-0.4, -0.2) is 30.6 Å². The predicted molar refractivity (Wildman–Crippen MR) is 90.9 cm³/mol. The van der Waals surface area contributed by atoms with Gasteiger partial charge in [-0.15, -0.1) is 0 Å². The quantitative estimate of drug-likeness (QED) is 0.905. The molecule has 3 rings (SSSR count). The van der Waals surface area contributed by atoms with E-state index in [0.29, 0.717) is 6.04 Å². The van der Waals surface area contributed by atoms with E-state index in [4.69, 9.17) is 0 Å². The molecule has 1 fully saturated rings. The summed E-state index contributed by atoms with van der Waals surface area (Å²) in [6.07, 6.45) is 5.09. The molecule has 0 saturated carbocycles. The van der Waals surface area contributed by atoms with Crippen LogP contribution in [0.4, 0.5) is 5.69 Å². The van der Waals surface area contributed by atoms with E-state index in [-0.39, 0.29) is 0 Å². The third-order valence-corrected chi connectivity index (χ3v) is 5.16. The minimum absolute atomic E-state index is 0.657. The lowest BCUT2D eigenvalue weighted by Gasteiger charge is -2.39. The van der Waals surface area contributed by atoms with Crippen LogP contribution in [0.15, 0.2) is 18.2 Å². The first-order valence-electron chi connectivity index (χ1n) is 8.71. The van der Waals surface area contributed by atoms with E-state index >= 15 is 0 Å². The van der Waals surface area contributed by atoms with Gasteiger partial charge < -0.3 is 5.32 Å². The summed E-state index contributed by atoms with van der Waals surface area (Å²) in [5.74, 6) is 1.70. The highest BCUT2D eigenvalue weighted by Crippen LogP contribution is 2.26. The standard InChI is InChI=1S/C19H30N2/c1-14-9-15(2)13-21(12-14)16(3)10-17-6-7-19-18(11-17)5-4-8-20-19/h6-7,11,14-16,20H,4-5,8-10,12-13H2,1-3H3. The molecular weight excluding hydrogens is 256 g/mol. The lowest BCUT2D eigenvalue weighted by molar-refractivity contribution is 0.103. The monoisotopic (exact) mass is 286 g/mol. The summed E-state index contributed by atoms with van der Waals surface area (Å²) in [5.41, 5.74) is 4.39. The van der Waals surface area contributed by atoms with Crippen molar-refractivity contribution in [1.29, 1.82) is 0 Å². The molecule has 116 valence electrons. The molecule has 2 aliphatic heterocycles. The van der Waals surface area contributed by atoms with E-state index in [9.17, 15) is 0 Å².